The van der Waals surface area contributed by atoms with Crippen molar-refractivity contribution in [2.75, 3.05) is 32.1 Å². The molecule has 8 heteroatoms. The molecule has 28 heavy (non-hydrogen) atoms. The number of amides is 2. The van der Waals surface area contributed by atoms with E-state index in [0.29, 0.717) is 16.5 Å². The molecule has 0 unspecified atom stereocenters. The number of para-hydroxylation sites is 1. The topological polar surface area (TPSA) is 84.9 Å². The number of nitrogens with zero attached hydrogens (tertiary/aromatic N) is 1. The highest BCUT2D eigenvalue weighted by Crippen LogP contribution is 2.20. The van der Waals surface area contributed by atoms with Crippen LogP contribution in [0.4, 0.5) is 5.69 Å². The number of hydrogen-bond acceptors (Lipinski definition) is 5. The third-order valence-corrected chi connectivity index (χ3v) is 3.99. The van der Waals surface area contributed by atoms with Gasteiger partial charge in [-0.3, -0.25) is 9.59 Å². The summed E-state index contributed by atoms with van der Waals surface area (Å²) in [5.41, 5.74) is 1.45. The lowest BCUT2D eigenvalue weighted by atomic mass is 10.2. The SMILES string of the molecule is Cc1cccc(OCC(=O)OCC(=O)N(C)CC(=O)Nc2ccccc2Cl)c1. The number of esters is 1. The Bertz CT molecular complexity index is 856. The summed E-state index contributed by atoms with van der Waals surface area (Å²) in [6, 6.07) is 14.0. The molecule has 0 heterocycles. The molecule has 0 aromatic heterocycles. The van der Waals surface area contributed by atoms with Crippen LogP contribution >= 0.6 is 11.6 Å². The first-order valence-corrected chi connectivity index (χ1v) is 8.86. The van der Waals surface area contributed by atoms with Crippen LogP contribution in [0.15, 0.2) is 48.5 Å². The Hall–Kier alpha value is -3.06. The molecule has 0 atom stereocenters. The number of rotatable bonds is 8. The molecular weight excluding hydrogens is 384 g/mol. The van der Waals surface area contributed by atoms with Gasteiger partial charge in [0.2, 0.25) is 5.91 Å². The van der Waals surface area contributed by atoms with Gasteiger partial charge in [0.1, 0.15) is 5.75 Å². The molecule has 1 N–H and O–H groups in total. The molecule has 2 aromatic rings. The van der Waals surface area contributed by atoms with Gasteiger partial charge >= 0.3 is 5.97 Å². The molecule has 0 aliphatic rings. The van der Waals surface area contributed by atoms with Gasteiger partial charge in [0.15, 0.2) is 13.2 Å². The minimum absolute atomic E-state index is 0.207. The minimum atomic E-state index is -0.677. The number of halogens is 1. The van der Waals surface area contributed by atoms with Gasteiger partial charge in [-0.15, -0.1) is 0 Å². The highest BCUT2D eigenvalue weighted by atomic mass is 35.5. The fourth-order valence-corrected chi connectivity index (χ4v) is 2.38. The first-order chi connectivity index (χ1) is 13.3. The van der Waals surface area contributed by atoms with Crippen molar-refractivity contribution in [3.63, 3.8) is 0 Å². The van der Waals surface area contributed by atoms with Crippen LogP contribution in [0.25, 0.3) is 0 Å². The Morgan fingerprint density at radius 3 is 2.54 bits per heavy atom. The van der Waals surface area contributed by atoms with Gasteiger partial charge in [0.25, 0.3) is 5.91 Å². The summed E-state index contributed by atoms with van der Waals surface area (Å²) >= 11 is 5.97. The number of likely N-dealkylation sites (N-methyl/N-ethyl adjacent to an activating group) is 1. The molecule has 0 fully saturated rings. The van der Waals surface area contributed by atoms with Gasteiger partial charge in [-0.2, -0.15) is 0 Å². The molecule has 2 aromatic carbocycles. The lowest BCUT2D eigenvalue weighted by Crippen LogP contribution is -2.37. The van der Waals surface area contributed by atoms with Gasteiger partial charge < -0.3 is 19.7 Å². The maximum absolute atomic E-state index is 12.0. The van der Waals surface area contributed by atoms with Crippen LogP contribution in [0.2, 0.25) is 5.02 Å². The number of hydrogen-bond donors (Lipinski definition) is 1. The van der Waals surface area contributed by atoms with E-state index in [0.717, 1.165) is 10.5 Å². The van der Waals surface area contributed by atoms with Crippen LogP contribution < -0.4 is 10.1 Å². The van der Waals surface area contributed by atoms with E-state index in [2.05, 4.69) is 5.32 Å². The predicted molar refractivity (Wildman–Crippen MR) is 105 cm³/mol. The number of ether oxygens (including phenoxy) is 2. The number of aryl methyl sites for hydroxylation is 1. The number of carbonyl (C=O) groups excluding carboxylic acids is 3. The summed E-state index contributed by atoms with van der Waals surface area (Å²) < 4.78 is 10.2. The number of anilines is 1. The summed E-state index contributed by atoms with van der Waals surface area (Å²) in [5.74, 6) is -1.07. The van der Waals surface area contributed by atoms with E-state index < -0.39 is 24.4 Å². The zero-order valence-electron chi connectivity index (χ0n) is 15.6. The van der Waals surface area contributed by atoms with Crippen molar-refractivity contribution >= 4 is 35.1 Å². The molecule has 0 aliphatic carbocycles. The summed E-state index contributed by atoms with van der Waals surface area (Å²) in [6.45, 7) is 0.905. The second-order valence-electron chi connectivity index (χ2n) is 6.04. The third kappa shape index (κ3) is 6.92. The monoisotopic (exact) mass is 404 g/mol. The van der Waals surface area contributed by atoms with Crippen molar-refractivity contribution in [2.24, 2.45) is 0 Å². The fourth-order valence-electron chi connectivity index (χ4n) is 2.20. The molecule has 0 radical (unpaired) electrons. The molecule has 0 spiro atoms. The molecule has 7 nitrogen and oxygen atoms in total. The van der Waals surface area contributed by atoms with Gasteiger partial charge in [-0.05, 0) is 36.8 Å². The quantitative estimate of drug-likeness (QED) is 0.684. The summed E-state index contributed by atoms with van der Waals surface area (Å²) in [6.07, 6.45) is 0. The average molecular weight is 405 g/mol. The second kappa shape index (κ2) is 10.3. The fraction of sp³-hybridized carbons (Fsp3) is 0.250. The van der Waals surface area contributed by atoms with E-state index in [-0.39, 0.29) is 13.2 Å². The predicted octanol–water partition coefficient (Wildman–Crippen LogP) is 2.67. The summed E-state index contributed by atoms with van der Waals surface area (Å²) in [7, 11) is 1.44. The summed E-state index contributed by atoms with van der Waals surface area (Å²) in [5, 5.41) is 3.01. The average Bonchev–Trinajstić information content (AvgIpc) is 2.66. The molecule has 0 saturated carbocycles. The molecule has 0 bridgehead atoms. The molecule has 148 valence electrons. The summed E-state index contributed by atoms with van der Waals surface area (Å²) in [4.78, 5) is 36.9. The lowest BCUT2D eigenvalue weighted by Gasteiger charge is -2.17. The maximum atomic E-state index is 12.0. The van der Waals surface area contributed by atoms with Crippen molar-refractivity contribution in [1.29, 1.82) is 0 Å². The second-order valence-corrected chi connectivity index (χ2v) is 6.45. The van der Waals surface area contributed by atoms with Gasteiger partial charge in [-0.25, -0.2) is 4.79 Å². The van der Waals surface area contributed by atoms with E-state index in [4.69, 9.17) is 21.1 Å². The van der Waals surface area contributed by atoms with E-state index >= 15 is 0 Å². The molecule has 2 rings (SSSR count). The van der Waals surface area contributed by atoms with E-state index in [1.54, 1.807) is 36.4 Å². The van der Waals surface area contributed by atoms with Crippen molar-refractivity contribution < 1.29 is 23.9 Å². The first-order valence-electron chi connectivity index (χ1n) is 8.48. The van der Waals surface area contributed by atoms with Crippen molar-refractivity contribution in [3.8, 4) is 5.75 Å². The maximum Gasteiger partial charge on any atom is 0.344 e. The lowest BCUT2D eigenvalue weighted by molar-refractivity contribution is -0.153. The molecule has 0 aliphatic heterocycles. The number of carbonyl (C=O) groups is 3. The van der Waals surface area contributed by atoms with Crippen molar-refractivity contribution in [3.05, 3.63) is 59.1 Å². The number of benzene rings is 2. The Morgan fingerprint density at radius 1 is 1.07 bits per heavy atom. The van der Waals surface area contributed by atoms with Crippen LogP contribution in [0.1, 0.15) is 5.56 Å². The first kappa shape index (κ1) is 21.2. The normalized spacial score (nSPS) is 10.1. The Kier molecular flexibility index (Phi) is 7.83. The Labute approximate surface area is 168 Å². The van der Waals surface area contributed by atoms with E-state index in [1.807, 2.05) is 19.1 Å². The van der Waals surface area contributed by atoms with Crippen LogP contribution in [-0.4, -0.2) is 49.5 Å². The third-order valence-electron chi connectivity index (χ3n) is 3.66. The van der Waals surface area contributed by atoms with E-state index in [9.17, 15) is 14.4 Å². The van der Waals surface area contributed by atoms with Crippen LogP contribution in [0, 0.1) is 6.92 Å². The Morgan fingerprint density at radius 2 is 1.82 bits per heavy atom. The highest BCUT2D eigenvalue weighted by Gasteiger charge is 2.16. The molecule has 2 amide bonds. The molecule has 0 saturated heterocycles. The molecular formula is C20H21ClN2O5. The van der Waals surface area contributed by atoms with Crippen LogP contribution in [0.5, 0.6) is 5.75 Å². The van der Waals surface area contributed by atoms with E-state index in [1.165, 1.54) is 7.05 Å². The van der Waals surface area contributed by atoms with Crippen LogP contribution in [-0.2, 0) is 19.1 Å². The van der Waals surface area contributed by atoms with Gasteiger partial charge in [0, 0.05) is 7.05 Å². The largest absolute Gasteiger partial charge is 0.482 e. The van der Waals surface area contributed by atoms with Crippen LogP contribution in [0.3, 0.4) is 0 Å². The van der Waals surface area contributed by atoms with Gasteiger partial charge in [-0.1, -0.05) is 35.9 Å². The Balaban J connectivity index is 1.72. The minimum Gasteiger partial charge on any atom is -0.482 e. The standard InChI is InChI=1S/C20H21ClN2O5/c1-14-6-5-7-15(10-14)27-13-20(26)28-12-19(25)23(2)11-18(24)22-17-9-4-3-8-16(17)21/h3-10H,11-13H2,1-2H3,(H,22,24). The van der Waals surface area contributed by atoms with Crippen molar-refractivity contribution in [2.45, 2.75) is 6.92 Å². The number of nitrogens with one attached hydrogen (secondary N) is 1. The highest BCUT2D eigenvalue weighted by molar-refractivity contribution is 6.33. The smallest absolute Gasteiger partial charge is 0.344 e. The van der Waals surface area contributed by atoms with Gasteiger partial charge in [0.05, 0.1) is 17.3 Å². The zero-order valence-corrected chi connectivity index (χ0v) is 16.4. The van der Waals surface area contributed by atoms with Crippen molar-refractivity contribution in [1.82, 2.24) is 4.90 Å². The zero-order chi connectivity index (χ0) is 20.5.